The number of benzene rings is 1. The molecule has 2 aromatic rings. The Kier molecular flexibility index (Phi) is 5.30. The molecule has 0 unspecified atom stereocenters. The van der Waals surface area contributed by atoms with Crippen LogP contribution in [-0.4, -0.2) is 18.9 Å². The smallest absolute Gasteiger partial charge is 0.256 e. The Labute approximate surface area is 164 Å². The molecule has 0 atom stereocenters. The van der Waals surface area contributed by atoms with Gasteiger partial charge in [-0.05, 0) is 80.2 Å². The van der Waals surface area contributed by atoms with Gasteiger partial charge in [-0.2, -0.15) is 0 Å². The number of nitrogens with one attached hydrogen (secondary N) is 2. The Morgan fingerprint density at radius 1 is 0.889 bits per heavy atom. The number of rotatable bonds is 3. The Hall–Kier alpha value is -2.14. The summed E-state index contributed by atoms with van der Waals surface area (Å²) in [6.07, 6.45) is 9.95. The molecule has 0 spiro atoms. The first kappa shape index (κ1) is 18.2. The van der Waals surface area contributed by atoms with E-state index in [0.29, 0.717) is 16.1 Å². The molecule has 0 radical (unpaired) electrons. The summed E-state index contributed by atoms with van der Waals surface area (Å²) in [6.45, 7) is 0. The molecule has 142 valence electrons. The van der Waals surface area contributed by atoms with Gasteiger partial charge in [0.05, 0.1) is 5.56 Å². The summed E-state index contributed by atoms with van der Waals surface area (Å²) in [7, 11) is 1.65. The molecular formula is C22H26N2O2S. The van der Waals surface area contributed by atoms with Crippen molar-refractivity contribution in [3.63, 3.8) is 0 Å². The molecule has 1 aromatic heterocycles. The van der Waals surface area contributed by atoms with Crippen LogP contribution in [0.5, 0.6) is 0 Å². The largest absolute Gasteiger partial charge is 0.355 e. The average Bonchev–Trinajstić information content (AvgIpc) is 2.87. The minimum Gasteiger partial charge on any atom is -0.355 e. The van der Waals surface area contributed by atoms with Crippen LogP contribution in [0.25, 0.3) is 0 Å². The Bertz CT molecular complexity index is 885. The van der Waals surface area contributed by atoms with Crippen molar-refractivity contribution in [2.75, 3.05) is 12.4 Å². The Morgan fingerprint density at radius 3 is 2.44 bits per heavy atom. The summed E-state index contributed by atoms with van der Waals surface area (Å²) >= 11 is 1.58. The normalized spacial score (nSPS) is 16.0. The number of amides is 2. The number of carbonyl (C=O) groups excluding carboxylic acids is 2. The number of hydrogen-bond donors (Lipinski definition) is 2. The fraction of sp³-hybridized carbons (Fsp3) is 0.455. The van der Waals surface area contributed by atoms with Gasteiger partial charge in [0.25, 0.3) is 11.8 Å². The Balaban J connectivity index is 1.64. The van der Waals surface area contributed by atoms with E-state index in [1.807, 2.05) is 12.1 Å². The molecule has 2 aliphatic carbocycles. The van der Waals surface area contributed by atoms with E-state index in [2.05, 4.69) is 16.7 Å². The van der Waals surface area contributed by atoms with Crippen LogP contribution >= 0.6 is 11.3 Å². The van der Waals surface area contributed by atoms with Gasteiger partial charge in [-0.25, -0.2) is 0 Å². The van der Waals surface area contributed by atoms with Gasteiger partial charge in [0.2, 0.25) is 0 Å². The lowest BCUT2D eigenvalue weighted by Crippen LogP contribution is -2.22. The third-order valence-corrected chi connectivity index (χ3v) is 6.92. The fourth-order valence-corrected chi connectivity index (χ4v) is 5.53. The van der Waals surface area contributed by atoms with Crippen molar-refractivity contribution in [2.45, 2.75) is 57.8 Å². The van der Waals surface area contributed by atoms with Crippen LogP contribution in [0.3, 0.4) is 0 Å². The van der Waals surface area contributed by atoms with Crippen molar-refractivity contribution in [3.8, 4) is 0 Å². The summed E-state index contributed by atoms with van der Waals surface area (Å²) in [5.41, 5.74) is 5.15. The van der Waals surface area contributed by atoms with Crippen LogP contribution in [0.15, 0.2) is 18.2 Å². The Morgan fingerprint density at radius 2 is 1.63 bits per heavy atom. The monoisotopic (exact) mass is 382 g/mol. The van der Waals surface area contributed by atoms with Crippen LogP contribution in [0, 0.1) is 0 Å². The van der Waals surface area contributed by atoms with Crippen LogP contribution in [0.4, 0.5) is 5.00 Å². The maximum atomic E-state index is 12.9. The van der Waals surface area contributed by atoms with E-state index in [0.717, 1.165) is 44.1 Å². The lowest BCUT2D eigenvalue weighted by molar-refractivity contribution is 0.0963. The van der Waals surface area contributed by atoms with E-state index in [4.69, 9.17) is 0 Å². The van der Waals surface area contributed by atoms with Gasteiger partial charge in [-0.3, -0.25) is 9.59 Å². The second-order valence-corrected chi connectivity index (χ2v) is 8.60. The van der Waals surface area contributed by atoms with E-state index < -0.39 is 0 Å². The highest BCUT2D eigenvalue weighted by molar-refractivity contribution is 7.17. The molecule has 2 aliphatic rings. The second kappa shape index (κ2) is 7.85. The number of thiophene rings is 1. The number of carbonyl (C=O) groups is 2. The van der Waals surface area contributed by atoms with E-state index in [9.17, 15) is 9.59 Å². The molecule has 0 saturated carbocycles. The van der Waals surface area contributed by atoms with Crippen LogP contribution < -0.4 is 10.6 Å². The maximum Gasteiger partial charge on any atom is 0.256 e. The summed E-state index contributed by atoms with van der Waals surface area (Å²) in [4.78, 5) is 26.7. The zero-order valence-electron chi connectivity index (χ0n) is 15.8. The predicted molar refractivity (Wildman–Crippen MR) is 110 cm³/mol. The average molecular weight is 383 g/mol. The standard InChI is InChI=1S/C22H26N2O2S/c1-23-21(26)19-17-9-3-2-4-10-18(17)27-22(19)24-20(25)16-12-11-14-7-5-6-8-15(14)13-16/h11-13H,2-10H2,1H3,(H,23,26)(H,24,25). The van der Waals surface area contributed by atoms with Gasteiger partial charge in [0, 0.05) is 17.5 Å². The summed E-state index contributed by atoms with van der Waals surface area (Å²) in [6, 6.07) is 6.03. The van der Waals surface area contributed by atoms with Gasteiger partial charge >= 0.3 is 0 Å². The van der Waals surface area contributed by atoms with Gasteiger partial charge in [-0.15, -0.1) is 11.3 Å². The zero-order valence-corrected chi connectivity index (χ0v) is 16.6. The molecule has 0 fully saturated rings. The van der Waals surface area contributed by atoms with E-state index >= 15 is 0 Å². The molecular weight excluding hydrogens is 356 g/mol. The molecule has 0 bridgehead atoms. The van der Waals surface area contributed by atoms with Crippen molar-refractivity contribution >= 4 is 28.2 Å². The number of fused-ring (bicyclic) bond motifs is 2. The molecule has 0 aliphatic heterocycles. The molecule has 4 rings (SSSR count). The first-order valence-corrected chi connectivity index (χ1v) is 10.8. The molecule has 0 saturated heterocycles. The van der Waals surface area contributed by atoms with Crippen molar-refractivity contribution < 1.29 is 9.59 Å². The molecule has 1 aromatic carbocycles. The molecule has 2 N–H and O–H groups in total. The van der Waals surface area contributed by atoms with E-state index in [1.165, 1.54) is 35.3 Å². The molecule has 27 heavy (non-hydrogen) atoms. The first-order chi connectivity index (χ1) is 13.2. The summed E-state index contributed by atoms with van der Waals surface area (Å²) in [5, 5.41) is 6.49. The first-order valence-electron chi connectivity index (χ1n) is 9.97. The third-order valence-electron chi connectivity index (χ3n) is 5.71. The van der Waals surface area contributed by atoms with E-state index in [1.54, 1.807) is 18.4 Å². The predicted octanol–water partition coefficient (Wildman–Crippen LogP) is 4.51. The van der Waals surface area contributed by atoms with Crippen molar-refractivity contribution in [1.82, 2.24) is 5.32 Å². The number of anilines is 1. The molecule has 5 heteroatoms. The third kappa shape index (κ3) is 3.65. The molecule has 2 amide bonds. The number of aryl methyl sites for hydroxylation is 3. The minimum atomic E-state index is -0.120. The van der Waals surface area contributed by atoms with Gasteiger partial charge < -0.3 is 10.6 Å². The molecule has 1 heterocycles. The van der Waals surface area contributed by atoms with Crippen LogP contribution in [-0.2, 0) is 25.7 Å². The van der Waals surface area contributed by atoms with Crippen molar-refractivity contribution in [1.29, 1.82) is 0 Å². The zero-order chi connectivity index (χ0) is 18.8. The van der Waals surface area contributed by atoms with Gasteiger partial charge in [0.1, 0.15) is 5.00 Å². The summed E-state index contributed by atoms with van der Waals surface area (Å²) in [5.74, 6) is -0.222. The maximum absolute atomic E-state index is 12.9. The van der Waals surface area contributed by atoms with Gasteiger partial charge in [-0.1, -0.05) is 12.5 Å². The summed E-state index contributed by atoms with van der Waals surface area (Å²) < 4.78 is 0. The highest BCUT2D eigenvalue weighted by atomic mass is 32.1. The number of hydrogen-bond acceptors (Lipinski definition) is 3. The highest BCUT2D eigenvalue weighted by Crippen LogP contribution is 2.37. The van der Waals surface area contributed by atoms with E-state index in [-0.39, 0.29) is 11.8 Å². The fourth-order valence-electron chi connectivity index (χ4n) is 4.25. The highest BCUT2D eigenvalue weighted by Gasteiger charge is 2.25. The molecule has 4 nitrogen and oxygen atoms in total. The second-order valence-electron chi connectivity index (χ2n) is 7.49. The lowest BCUT2D eigenvalue weighted by Gasteiger charge is -2.16. The topological polar surface area (TPSA) is 58.2 Å². The van der Waals surface area contributed by atoms with Crippen molar-refractivity contribution in [3.05, 3.63) is 50.9 Å². The van der Waals surface area contributed by atoms with Gasteiger partial charge in [0.15, 0.2) is 0 Å². The SMILES string of the molecule is CNC(=O)c1c(NC(=O)c2ccc3c(c2)CCCC3)sc2c1CCCCC2. The quantitative estimate of drug-likeness (QED) is 0.768. The minimum absolute atomic E-state index is 0.102. The lowest BCUT2D eigenvalue weighted by atomic mass is 9.90. The van der Waals surface area contributed by atoms with Crippen LogP contribution in [0.2, 0.25) is 0 Å². The van der Waals surface area contributed by atoms with Crippen LogP contribution in [0.1, 0.15) is 74.4 Å². The van der Waals surface area contributed by atoms with Crippen molar-refractivity contribution in [2.24, 2.45) is 0 Å².